The van der Waals surface area contributed by atoms with Crippen molar-refractivity contribution in [2.45, 2.75) is 60.1 Å². The van der Waals surface area contributed by atoms with E-state index in [2.05, 4.69) is 10.5 Å². The molecule has 1 aromatic rings. The summed E-state index contributed by atoms with van der Waals surface area (Å²) < 4.78 is 0. The molecule has 5 nitrogen and oxygen atoms in total. The van der Waals surface area contributed by atoms with Crippen LogP contribution in [0.15, 0.2) is 29.4 Å². The first-order chi connectivity index (χ1) is 10.9. The van der Waals surface area contributed by atoms with Gasteiger partial charge in [-0.2, -0.15) is 0 Å². The SMILES string of the molecule is CC.CCNC(Cc1ccc(/C(C)=N\OC(C)C)cc1)C(=O)O. The molecule has 0 aliphatic heterocycles. The first kappa shape index (κ1) is 21.1. The molecule has 0 aliphatic rings. The quantitative estimate of drug-likeness (QED) is 0.568. The maximum absolute atomic E-state index is 11.1. The highest BCUT2D eigenvalue weighted by Crippen LogP contribution is 2.09. The van der Waals surface area contributed by atoms with E-state index in [0.717, 1.165) is 16.8 Å². The van der Waals surface area contributed by atoms with Crippen molar-refractivity contribution in [1.29, 1.82) is 0 Å². The molecule has 1 aromatic carbocycles. The molecule has 23 heavy (non-hydrogen) atoms. The fourth-order valence-corrected chi connectivity index (χ4v) is 1.85. The highest BCUT2D eigenvalue weighted by molar-refractivity contribution is 5.98. The third-order valence-electron chi connectivity index (χ3n) is 2.96. The van der Waals surface area contributed by atoms with Crippen molar-refractivity contribution in [3.05, 3.63) is 35.4 Å². The fourth-order valence-electron chi connectivity index (χ4n) is 1.85. The third kappa shape index (κ3) is 8.35. The average molecular weight is 322 g/mol. The third-order valence-corrected chi connectivity index (χ3v) is 2.96. The van der Waals surface area contributed by atoms with E-state index in [1.54, 1.807) is 0 Å². The topological polar surface area (TPSA) is 70.9 Å². The van der Waals surface area contributed by atoms with Gasteiger partial charge in [0, 0.05) is 0 Å². The lowest BCUT2D eigenvalue weighted by Gasteiger charge is -2.13. The molecule has 0 radical (unpaired) electrons. The van der Waals surface area contributed by atoms with Crippen LogP contribution in [0.1, 0.15) is 52.7 Å². The van der Waals surface area contributed by atoms with Crippen molar-refractivity contribution in [2.24, 2.45) is 5.16 Å². The molecule has 1 atom stereocenters. The van der Waals surface area contributed by atoms with Gasteiger partial charge in [-0.15, -0.1) is 0 Å². The van der Waals surface area contributed by atoms with E-state index in [1.807, 2.05) is 65.8 Å². The van der Waals surface area contributed by atoms with Gasteiger partial charge in [0.05, 0.1) is 5.71 Å². The smallest absolute Gasteiger partial charge is 0.321 e. The summed E-state index contributed by atoms with van der Waals surface area (Å²) >= 11 is 0. The minimum absolute atomic E-state index is 0.0515. The number of rotatable bonds is 8. The van der Waals surface area contributed by atoms with Crippen LogP contribution in [-0.2, 0) is 16.1 Å². The van der Waals surface area contributed by atoms with Gasteiger partial charge < -0.3 is 15.3 Å². The zero-order chi connectivity index (χ0) is 17.8. The van der Waals surface area contributed by atoms with Crippen molar-refractivity contribution in [3.8, 4) is 0 Å². The van der Waals surface area contributed by atoms with Crippen molar-refractivity contribution in [2.75, 3.05) is 6.54 Å². The Morgan fingerprint density at radius 1 is 1.26 bits per heavy atom. The van der Waals surface area contributed by atoms with Crippen LogP contribution in [0.4, 0.5) is 0 Å². The molecule has 5 heteroatoms. The summed E-state index contributed by atoms with van der Waals surface area (Å²) in [4.78, 5) is 16.3. The molecule has 2 N–H and O–H groups in total. The van der Waals surface area contributed by atoms with Crippen molar-refractivity contribution in [3.63, 3.8) is 0 Å². The maximum atomic E-state index is 11.1. The summed E-state index contributed by atoms with van der Waals surface area (Å²) in [5.74, 6) is -0.830. The van der Waals surface area contributed by atoms with Gasteiger partial charge in [0.1, 0.15) is 12.1 Å². The highest BCUT2D eigenvalue weighted by Gasteiger charge is 2.16. The zero-order valence-electron chi connectivity index (χ0n) is 15.1. The molecule has 0 saturated heterocycles. The molecule has 0 spiro atoms. The number of oxime groups is 1. The second-order valence-corrected chi connectivity index (χ2v) is 5.18. The molecule has 0 heterocycles. The van der Waals surface area contributed by atoms with E-state index in [1.165, 1.54) is 0 Å². The number of hydrogen-bond acceptors (Lipinski definition) is 4. The number of aliphatic carboxylic acids is 1. The van der Waals surface area contributed by atoms with Crippen LogP contribution in [0.2, 0.25) is 0 Å². The van der Waals surface area contributed by atoms with Gasteiger partial charge >= 0.3 is 5.97 Å². The van der Waals surface area contributed by atoms with Crippen molar-refractivity contribution < 1.29 is 14.7 Å². The Morgan fingerprint density at radius 2 is 1.83 bits per heavy atom. The largest absolute Gasteiger partial charge is 0.480 e. The zero-order valence-corrected chi connectivity index (χ0v) is 15.1. The van der Waals surface area contributed by atoms with Crippen LogP contribution in [0, 0.1) is 0 Å². The second kappa shape index (κ2) is 11.7. The molecule has 0 aromatic heterocycles. The van der Waals surface area contributed by atoms with Gasteiger partial charge in [-0.1, -0.05) is 50.2 Å². The van der Waals surface area contributed by atoms with Gasteiger partial charge in [-0.3, -0.25) is 4.79 Å². The molecular formula is C18H30N2O3. The molecule has 0 amide bonds. The Hall–Kier alpha value is -1.88. The standard InChI is InChI=1S/C16H24N2O3.C2H6/c1-5-17-15(16(19)20)10-13-6-8-14(9-7-13)12(4)18-21-11(2)3;1-2/h6-9,11,15,17H,5,10H2,1-4H3,(H,19,20);1-2H3/b18-12-;. The highest BCUT2D eigenvalue weighted by atomic mass is 16.6. The summed E-state index contributed by atoms with van der Waals surface area (Å²) in [5, 5.41) is 16.1. The lowest BCUT2D eigenvalue weighted by Crippen LogP contribution is -2.38. The second-order valence-electron chi connectivity index (χ2n) is 5.18. The number of nitrogens with one attached hydrogen (secondary N) is 1. The summed E-state index contributed by atoms with van der Waals surface area (Å²) in [6.07, 6.45) is 0.512. The van der Waals surface area contributed by atoms with E-state index in [0.29, 0.717) is 13.0 Å². The monoisotopic (exact) mass is 322 g/mol. The van der Waals surface area contributed by atoms with Crippen LogP contribution >= 0.6 is 0 Å². The van der Waals surface area contributed by atoms with Crippen LogP contribution in [0.3, 0.4) is 0 Å². The average Bonchev–Trinajstić information content (AvgIpc) is 2.54. The van der Waals surface area contributed by atoms with Gasteiger partial charge in [0.25, 0.3) is 0 Å². The molecule has 0 aliphatic carbocycles. The van der Waals surface area contributed by atoms with E-state index >= 15 is 0 Å². The van der Waals surface area contributed by atoms with Crippen LogP contribution < -0.4 is 5.32 Å². The number of benzene rings is 1. The van der Waals surface area contributed by atoms with Crippen molar-refractivity contribution in [1.82, 2.24) is 5.32 Å². The number of likely N-dealkylation sites (N-methyl/N-ethyl adjacent to an activating group) is 1. The van der Waals surface area contributed by atoms with Crippen LogP contribution in [-0.4, -0.2) is 35.5 Å². The van der Waals surface area contributed by atoms with Crippen LogP contribution in [0.5, 0.6) is 0 Å². The number of nitrogens with zero attached hydrogens (tertiary/aromatic N) is 1. The Bertz CT molecular complexity index is 482. The number of carbonyl (C=O) groups is 1. The van der Waals surface area contributed by atoms with Gasteiger partial charge in [-0.25, -0.2) is 0 Å². The van der Waals surface area contributed by atoms with Gasteiger partial charge in [0.15, 0.2) is 0 Å². The lowest BCUT2D eigenvalue weighted by molar-refractivity contribution is -0.139. The van der Waals surface area contributed by atoms with Crippen molar-refractivity contribution >= 4 is 11.7 Å². The molecule has 130 valence electrons. The van der Waals surface area contributed by atoms with Gasteiger partial charge in [0.2, 0.25) is 0 Å². The van der Waals surface area contributed by atoms with E-state index < -0.39 is 12.0 Å². The lowest BCUT2D eigenvalue weighted by atomic mass is 10.0. The van der Waals surface area contributed by atoms with E-state index in [9.17, 15) is 4.79 Å². The number of carboxylic acid groups (broad SMARTS) is 1. The molecule has 1 unspecified atom stereocenters. The Morgan fingerprint density at radius 3 is 2.26 bits per heavy atom. The fraction of sp³-hybridized carbons (Fsp3) is 0.556. The predicted octanol–water partition coefficient (Wildman–Crippen LogP) is 3.47. The summed E-state index contributed by atoms with van der Waals surface area (Å²) in [6, 6.07) is 7.17. The first-order valence-corrected chi connectivity index (χ1v) is 8.20. The maximum Gasteiger partial charge on any atom is 0.321 e. The Labute approximate surface area is 139 Å². The molecular weight excluding hydrogens is 292 g/mol. The number of carboxylic acids is 1. The minimum atomic E-state index is -0.830. The normalized spacial score (nSPS) is 12.4. The summed E-state index contributed by atoms with van der Waals surface area (Å²) in [6.45, 7) is 12.3. The Kier molecular flexibility index (Phi) is 10.7. The summed E-state index contributed by atoms with van der Waals surface area (Å²) in [7, 11) is 0. The summed E-state index contributed by atoms with van der Waals surface area (Å²) in [5.41, 5.74) is 2.75. The number of hydrogen-bond donors (Lipinski definition) is 2. The molecule has 0 saturated carbocycles. The van der Waals surface area contributed by atoms with E-state index in [4.69, 9.17) is 9.94 Å². The first-order valence-electron chi connectivity index (χ1n) is 8.20. The van der Waals surface area contributed by atoms with E-state index in [-0.39, 0.29) is 6.10 Å². The predicted molar refractivity (Wildman–Crippen MR) is 95.0 cm³/mol. The van der Waals surface area contributed by atoms with Crippen LogP contribution in [0.25, 0.3) is 0 Å². The Balaban J connectivity index is 0.00000232. The molecule has 1 rings (SSSR count). The molecule has 0 fully saturated rings. The molecule has 0 bridgehead atoms. The minimum Gasteiger partial charge on any atom is -0.480 e. The van der Waals surface area contributed by atoms with Gasteiger partial charge in [-0.05, 0) is 44.9 Å².